The van der Waals surface area contributed by atoms with Gasteiger partial charge in [-0.3, -0.25) is 0 Å². The van der Waals surface area contributed by atoms with E-state index in [1.165, 1.54) is 0 Å². The first kappa shape index (κ1) is 7.97. The zero-order valence-electron chi connectivity index (χ0n) is 5.48. The van der Waals surface area contributed by atoms with Crippen molar-refractivity contribution in [3.63, 3.8) is 0 Å². The third-order valence-corrected chi connectivity index (χ3v) is 1.36. The Bertz CT molecular complexity index is 275. The molecule has 1 heterocycles. The summed E-state index contributed by atoms with van der Waals surface area (Å²) in [6.45, 7) is 0.198. The molecule has 0 atom stereocenters. The first-order valence-corrected chi connectivity index (χ1v) is 3.59. The number of azide groups is 1. The SMILES string of the molecule is [N-]=[N+]=NCc1ncc(Br)cn1. The summed E-state index contributed by atoms with van der Waals surface area (Å²) in [7, 11) is 0. The topological polar surface area (TPSA) is 74.5 Å². The Morgan fingerprint density at radius 3 is 2.73 bits per heavy atom. The predicted octanol–water partition coefficient (Wildman–Crippen LogP) is 2.05. The average Bonchev–Trinajstić information content (AvgIpc) is 2.04. The summed E-state index contributed by atoms with van der Waals surface area (Å²) in [5, 5.41) is 3.31. The van der Waals surface area contributed by atoms with Gasteiger partial charge in [-0.2, -0.15) is 0 Å². The summed E-state index contributed by atoms with van der Waals surface area (Å²) in [4.78, 5) is 10.4. The lowest BCUT2D eigenvalue weighted by atomic mass is 10.6. The van der Waals surface area contributed by atoms with E-state index in [1.807, 2.05) is 0 Å². The van der Waals surface area contributed by atoms with Crippen molar-refractivity contribution in [3.05, 3.63) is 33.1 Å². The molecule has 0 aliphatic rings. The van der Waals surface area contributed by atoms with Crippen LogP contribution in [0, 0.1) is 0 Å². The molecule has 1 rings (SSSR count). The maximum absolute atomic E-state index is 7.98. The molecule has 0 spiro atoms. The molecule has 56 valence electrons. The maximum atomic E-state index is 7.98. The molecule has 0 amide bonds. The van der Waals surface area contributed by atoms with Crippen LogP contribution in [0.1, 0.15) is 5.82 Å². The number of hydrogen-bond acceptors (Lipinski definition) is 3. The Balaban J connectivity index is 2.73. The second-order valence-electron chi connectivity index (χ2n) is 1.71. The monoisotopic (exact) mass is 213 g/mol. The van der Waals surface area contributed by atoms with Crippen LogP contribution in [0.3, 0.4) is 0 Å². The minimum Gasteiger partial charge on any atom is -0.240 e. The normalized spacial score (nSPS) is 8.82. The van der Waals surface area contributed by atoms with E-state index in [0.717, 1.165) is 4.47 Å². The Morgan fingerprint density at radius 2 is 2.18 bits per heavy atom. The Hall–Kier alpha value is -1.13. The minimum absolute atomic E-state index is 0.198. The maximum Gasteiger partial charge on any atom is 0.134 e. The highest BCUT2D eigenvalue weighted by Gasteiger charge is 1.91. The summed E-state index contributed by atoms with van der Waals surface area (Å²) in [5.41, 5.74) is 7.98. The Morgan fingerprint density at radius 1 is 1.55 bits per heavy atom. The molecular weight excluding hydrogens is 210 g/mol. The fraction of sp³-hybridized carbons (Fsp3) is 0.200. The second-order valence-corrected chi connectivity index (χ2v) is 2.62. The van der Waals surface area contributed by atoms with Gasteiger partial charge in [-0.25, -0.2) is 9.97 Å². The zero-order valence-corrected chi connectivity index (χ0v) is 7.06. The molecule has 5 nitrogen and oxygen atoms in total. The number of aromatic nitrogens is 2. The molecule has 0 N–H and O–H groups in total. The van der Waals surface area contributed by atoms with E-state index in [9.17, 15) is 0 Å². The van der Waals surface area contributed by atoms with E-state index in [4.69, 9.17) is 5.53 Å². The molecule has 0 fully saturated rings. The van der Waals surface area contributed by atoms with Gasteiger partial charge in [0, 0.05) is 17.3 Å². The molecule has 11 heavy (non-hydrogen) atoms. The van der Waals surface area contributed by atoms with Crippen molar-refractivity contribution in [1.29, 1.82) is 0 Å². The van der Waals surface area contributed by atoms with E-state index >= 15 is 0 Å². The molecule has 6 heteroatoms. The lowest BCUT2D eigenvalue weighted by Gasteiger charge is -1.91. The van der Waals surface area contributed by atoms with Crippen LogP contribution in [-0.2, 0) is 6.54 Å². The van der Waals surface area contributed by atoms with Crippen molar-refractivity contribution in [2.75, 3.05) is 0 Å². The summed E-state index contributed by atoms with van der Waals surface area (Å²) in [5.74, 6) is 0.519. The quantitative estimate of drug-likeness (QED) is 0.429. The summed E-state index contributed by atoms with van der Waals surface area (Å²) >= 11 is 3.19. The van der Waals surface area contributed by atoms with Gasteiger partial charge in [0.25, 0.3) is 0 Å². The van der Waals surface area contributed by atoms with Crippen molar-refractivity contribution in [2.45, 2.75) is 6.54 Å². The third kappa shape index (κ3) is 2.53. The van der Waals surface area contributed by atoms with Gasteiger partial charge in [0.15, 0.2) is 0 Å². The van der Waals surface area contributed by atoms with E-state index in [-0.39, 0.29) is 6.54 Å². The van der Waals surface area contributed by atoms with Crippen LogP contribution in [0.5, 0.6) is 0 Å². The average molecular weight is 214 g/mol. The molecule has 0 saturated heterocycles. The summed E-state index contributed by atoms with van der Waals surface area (Å²) in [6, 6.07) is 0. The van der Waals surface area contributed by atoms with Gasteiger partial charge in [0.1, 0.15) is 5.82 Å². The van der Waals surface area contributed by atoms with Crippen molar-refractivity contribution in [3.8, 4) is 0 Å². The minimum atomic E-state index is 0.198. The molecule has 1 aromatic rings. The molecule has 0 aliphatic heterocycles. The molecule has 0 unspecified atom stereocenters. The van der Waals surface area contributed by atoms with Crippen LogP contribution in [-0.4, -0.2) is 9.97 Å². The van der Waals surface area contributed by atoms with Gasteiger partial charge < -0.3 is 0 Å². The van der Waals surface area contributed by atoms with Gasteiger partial charge in [0.2, 0.25) is 0 Å². The molecule has 1 aromatic heterocycles. The van der Waals surface area contributed by atoms with Crippen molar-refractivity contribution in [2.24, 2.45) is 5.11 Å². The standard InChI is InChI=1S/C5H4BrN5/c6-4-1-8-5(9-2-4)3-10-11-7/h1-2H,3H2. The van der Waals surface area contributed by atoms with Gasteiger partial charge >= 0.3 is 0 Å². The van der Waals surface area contributed by atoms with Crippen molar-refractivity contribution >= 4 is 15.9 Å². The van der Waals surface area contributed by atoms with Gasteiger partial charge in [-0.15, -0.1) is 0 Å². The van der Waals surface area contributed by atoms with Crippen LogP contribution < -0.4 is 0 Å². The number of nitrogens with zero attached hydrogens (tertiary/aromatic N) is 5. The fourth-order valence-corrected chi connectivity index (χ4v) is 0.720. The lowest BCUT2D eigenvalue weighted by molar-refractivity contribution is 0.896. The fourth-order valence-electron chi connectivity index (χ4n) is 0.516. The summed E-state index contributed by atoms with van der Waals surface area (Å²) < 4.78 is 0.808. The van der Waals surface area contributed by atoms with Crippen molar-refractivity contribution in [1.82, 2.24) is 9.97 Å². The second kappa shape index (κ2) is 3.90. The third-order valence-electron chi connectivity index (χ3n) is 0.949. The molecule has 0 radical (unpaired) electrons. The van der Waals surface area contributed by atoms with E-state index in [0.29, 0.717) is 5.82 Å². The molecule has 0 saturated carbocycles. The Labute approximate surface area is 71.2 Å². The first-order chi connectivity index (χ1) is 5.33. The molecule has 0 aliphatic carbocycles. The van der Waals surface area contributed by atoms with Crippen LogP contribution in [0.2, 0.25) is 0 Å². The lowest BCUT2D eigenvalue weighted by Crippen LogP contribution is -1.90. The van der Waals surface area contributed by atoms with Crippen LogP contribution in [0.15, 0.2) is 22.0 Å². The summed E-state index contributed by atoms with van der Waals surface area (Å²) in [6.07, 6.45) is 3.21. The highest BCUT2D eigenvalue weighted by molar-refractivity contribution is 9.10. The zero-order chi connectivity index (χ0) is 8.10. The van der Waals surface area contributed by atoms with Crippen molar-refractivity contribution < 1.29 is 0 Å². The van der Waals surface area contributed by atoms with Crippen LogP contribution in [0.4, 0.5) is 0 Å². The van der Waals surface area contributed by atoms with E-state index in [2.05, 4.69) is 35.9 Å². The molecule has 0 bridgehead atoms. The van der Waals surface area contributed by atoms with Crippen LogP contribution in [0.25, 0.3) is 10.4 Å². The van der Waals surface area contributed by atoms with E-state index < -0.39 is 0 Å². The molecule has 0 aromatic carbocycles. The number of hydrogen-bond donors (Lipinski definition) is 0. The Kier molecular flexibility index (Phi) is 2.83. The largest absolute Gasteiger partial charge is 0.240 e. The highest BCUT2D eigenvalue weighted by atomic mass is 79.9. The predicted molar refractivity (Wildman–Crippen MR) is 42.6 cm³/mol. The first-order valence-electron chi connectivity index (χ1n) is 2.80. The van der Waals surface area contributed by atoms with Gasteiger partial charge in [-0.1, -0.05) is 5.11 Å². The van der Waals surface area contributed by atoms with Gasteiger partial charge in [0.05, 0.1) is 11.0 Å². The molecular formula is C5H4BrN5. The van der Waals surface area contributed by atoms with E-state index in [1.54, 1.807) is 12.4 Å². The smallest absolute Gasteiger partial charge is 0.134 e. The highest BCUT2D eigenvalue weighted by Crippen LogP contribution is 2.04. The van der Waals surface area contributed by atoms with Crippen LogP contribution >= 0.6 is 15.9 Å². The number of halogens is 1. The number of rotatable bonds is 2. The van der Waals surface area contributed by atoms with Gasteiger partial charge in [-0.05, 0) is 21.5 Å².